The highest BCUT2D eigenvalue weighted by molar-refractivity contribution is 5.92. The van der Waals surface area contributed by atoms with Crippen molar-refractivity contribution in [1.29, 1.82) is 0 Å². The second-order valence-corrected chi connectivity index (χ2v) is 6.46. The zero-order chi connectivity index (χ0) is 16.3. The first-order valence-electron chi connectivity index (χ1n) is 8.21. The fraction of sp³-hybridized carbons (Fsp3) is 0.688. The first-order chi connectivity index (χ1) is 11.1. The van der Waals surface area contributed by atoms with Crippen LogP contribution in [0.15, 0.2) is 12.4 Å². The molecule has 1 amide bonds. The Morgan fingerprint density at radius 2 is 2.00 bits per heavy atom. The number of aromatic nitrogens is 2. The molecule has 0 aliphatic carbocycles. The Labute approximate surface area is 136 Å². The molecule has 3 heterocycles. The zero-order valence-electron chi connectivity index (χ0n) is 13.7. The molecule has 1 aromatic heterocycles. The summed E-state index contributed by atoms with van der Waals surface area (Å²) in [5.74, 6) is 0.631. The molecule has 126 valence electrons. The summed E-state index contributed by atoms with van der Waals surface area (Å²) in [7, 11) is 0. The van der Waals surface area contributed by atoms with Gasteiger partial charge in [-0.15, -0.1) is 0 Å². The van der Waals surface area contributed by atoms with Crippen molar-refractivity contribution in [1.82, 2.24) is 15.3 Å². The number of ether oxygens (including phenoxy) is 2. The number of amides is 1. The van der Waals surface area contributed by atoms with Gasteiger partial charge in [-0.3, -0.25) is 4.79 Å². The summed E-state index contributed by atoms with van der Waals surface area (Å²) in [6.07, 6.45) is 3.07. The summed E-state index contributed by atoms with van der Waals surface area (Å²) in [5.41, 5.74) is 0.407. The molecule has 0 saturated carbocycles. The Balaban J connectivity index is 1.62. The van der Waals surface area contributed by atoms with E-state index >= 15 is 0 Å². The summed E-state index contributed by atoms with van der Waals surface area (Å²) >= 11 is 0. The van der Waals surface area contributed by atoms with Gasteiger partial charge in [-0.05, 0) is 5.92 Å². The molecule has 0 unspecified atom stereocenters. The molecule has 3 rings (SSSR count). The minimum Gasteiger partial charge on any atom is -0.356 e. The number of carbonyl (C=O) groups excluding carboxylic acids is 1. The van der Waals surface area contributed by atoms with Crippen LogP contribution in [-0.4, -0.2) is 54.5 Å². The Morgan fingerprint density at radius 1 is 1.30 bits per heavy atom. The third kappa shape index (κ3) is 3.79. The van der Waals surface area contributed by atoms with E-state index in [1.165, 1.54) is 6.33 Å². The van der Waals surface area contributed by atoms with Crippen LogP contribution in [0.3, 0.4) is 0 Å². The minimum atomic E-state index is -0.402. The number of carbonyl (C=O) groups is 1. The van der Waals surface area contributed by atoms with Gasteiger partial charge < -0.3 is 19.7 Å². The van der Waals surface area contributed by atoms with E-state index in [1.54, 1.807) is 6.07 Å². The van der Waals surface area contributed by atoms with E-state index in [9.17, 15) is 4.79 Å². The van der Waals surface area contributed by atoms with Crippen molar-refractivity contribution < 1.29 is 14.3 Å². The summed E-state index contributed by atoms with van der Waals surface area (Å²) in [4.78, 5) is 22.7. The Kier molecular flexibility index (Phi) is 4.77. The molecule has 0 atom stereocenters. The van der Waals surface area contributed by atoms with E-state index in [0.717, 1.165) is 31.7 Å². The zero-order valence-corrected chi connectivity index (χ0v) is 13.7. The SMILES string of the molecule is CC(C)CNC(=O)c1cc(N2CCC3(CC2)OCCO3)ncn1. The summed E-state index contributed by atoms with van der Waals surface area (Å²) in [6.45, 7) is 7.69. The second-order valence-electron chi connectivity index (χ2n) is 6.46. The van der Waals surface area contributed by atoms with Gasteiger partial charge in [0.25, 0.3) is 5.91 Å². The molecule has 0 bridgehead atoms. The third-order valence-corrected chi connectivity index (χ3v) is 4.22. The average Bonchev–Trinajstić information content (AvgIpc) is 3.01. The van der Waals surface area contributed by atoms with Crippen LogP contribution < -0.4 is 10.2 Å². The third-order valence-electron chi connectivity index (χ3n) is 4.22. The van der Waals surface area contributed by atoms with Gasteiger partial charge in [0.1, 0.15) is 17.8 Å². The Morgan fingerprint density at radius 3 is 2.65 bits per heavy atom. The number of hydrogen-bond acceptors (Lipinski definition) is 6. The molecule has 1 N–H and O–H groups in total. The lowest BCUT2D eigenvalue weighted by Crippen LogP contribution is -2.45. The predicted molar refractivity (Wildman–Crippen MR) is 85.3 cm³/mol. The number of nitrogens with zero attached hydrogens (tertiary/aromatic N) is 3. The summed E-state index contributed by atoms with van der Waals surface area (Å²) in [6, 6.07) is 1.75. The van der Waals surface area contributed by atoms with Crippen LogP contribution in [0.4, 0.5) is 5.82 Å². The van der Waals surface area contributed by atoms with Gasteiger partial charge in [-0.25, -0.2) is 9.97 Å². The molecule has 1 spiro atoms. The molecule has 23 heavy (non-hydrogen) atoms. The number of hydrogen-bond donors (Lipinski definition) is 1. The van der Waals surface area contributed by atoms with Gasteiger partial charge in [-0.2, -0.15) is 0 Å². The number of rotatable bonds is 4. The van der Waals surface area contributed by atoms with Crippen molar-refractivity contribution >= 4 is 11.7 Å². The van der Waals surface area contributed by atoms with E-state index in [0.29, 0.717) is 31.4 Å². The maximum absolute atomic E-state index is 12.1. The highest BCUT2D eigenvalue weighted by Gasteiger charge is 2.40. The lowest BCUT2D eigenvalue weighted by Gasteiger charge is -2.38. The van der Waals surface area contributed by atoms with Crippen LogP contribution >= 0.6 is 0 Å². The maximum atomic E-state index is 12.1. The van der Waals surface area contributed by atoms with Gasteiger partial charge in [-0.1, -0.05) is 13.8 Å². The first-order valence-corrected chi connectivity index (χ1v) is 8.21. The van der Waals surface area contributed by atoms with E-state index in [4.69, 9.17) is 9.47 Å². The lowest BCUT2D eigenvalue weighted by atomic mass is 10.0. The van der Waals surface area contributed by atoms with Crippen molar-refractivity contribution in [3.63, 3.8) is 0 Å². The van der Waals surface area contributed by atoms with Gasteiger partial charge in [0, 0.05) is 38.5 Å². The number of piperidine rings is 1. The molecule has 7 nitrogen and oxygen atoms in total. The fourth-order valence-corrected chi connectivity index (χ4v) is 2.89. The Bertz CT molecular complexity index is 548. The molecule has 2 saturated heterocycles. The summed E-state index contributed by atoms with van der Waals surface area (Å²) < 4.78 is 11.5. The molecular formula is C16H24N4O3. The van der Waals surface area contributed by atoms with Crippen LogP contribution in [0.25, 0.3) is 0 Å². The van der Waals surface area contributed by atoms with Crippen molar-refractivity contribution in [3.05, 3.63) is 18.1 Å². The van der Waals surface area contributed by atoms with Crippen molar-refractivity contribution in [2.24, 2.45) is 5.92 Å². The van der Waals surface area contributed by atoms with E-state index < -0.39 is 5.79 Å². The lowest BCUT2D eigenvalue weighted by molar-refractivity contribution is -0.169. The largest absolute Gasteiger partial charge is 0.356 e. The fourth-order valence-electron chi connectivity index (χ4n) is 2.89. The van der Waals surface area contributed by atoms with E-state index in [1.807, 2.05) is 0 Å². The standard InChI is InChI=1S/C16H24N4O3/c1-12(2)10-17-15(21)13-9-14(19-11-18-13)20-5-3-16(4-6-20)22-7-8-23-16/h9,11-12H,3-8,10H2,1-2H3,(H,17,21). The molecule has 2 aliphatic rings. The van der Waals surface area contributed by atoms with Crippen LogP contribution in [0.5, 0.6) is 0 Å². The van der Waals surface area contributed by atoms with Gasteiger partial charge >= 0.3 is 0 Å². The number of nitrogens with one attached hydrogen (secondary N) is 1. The van der Waals surface area contributed by atoms with Crippen LogP contribution in [0.1, 0.15) is 37.2 Å². The normalized spacial score (nSPS) is 20.2. The van der Waals surface area contributed by atoms with Crippen LogP contribution in [0.2, 0.25) is 0 Å². The van der Waals surface area contributed by atoms with Crippen LogP contribution in [0, 0.1) is 5.92 Å². The molecule has 7 heteroatoms. The molecule has 0 radical (unpaired) electrons. The molecule has 0 aromatic carbocycles. The average molecular weight is 320 g/mol. The van der Waals surface area contributed by atoms with Gasteiger partial charge in [0.2, 0.25) is 0 Å². The van der Waals surface area contributed by atoms with Crippen molar-refractivity contribution in [2.45, 2.75) is 32.5 Å². The Hall–Kier alpha value is -1.73. The van der Waals surface area contributed by atoms with Crippen molar-refractivity contribution in [3.8, 4) is 0 Å². The quantitative estimate of drug-likeness (QED) is 0.898. The highest BCUT2D eigenvalue weighted by Crippen LogP contribution is 2.32. The number of anilines is 1. The topological polar surface area (TPSA) is 76.6 Å². The molecule has 1 aromatic rings. The van der Waals surface area contributed by atoms with Gasteiger partial charge in [0.15, 0.2) is 5.79 Å². The molecule has 2 fully saturated rings. The summed E-state index contributed by atoms with van der Waals surface area (Å²) in [5, 5.41) is 2.88. The highest BCUT2D eigenvalue weighted by atomic mass is 16.7. The first kappa shape index (κ1) is 16.1. The second kappa shape index (κ2) is 6.80. The van der Waals surface area contributed by atoms with Crippen LogP contribution in [-0.2, 0) is 9.47 Å². The van der Waals surface area contributed by atoms with Crippen molar-refractivity contribution in [2.75, 3.05) is 37.7 Å². The maximum Gasteiger partial charge on any atom is 0.270 e. The molecule has 2 aliphatic heterocycles. The van der Waals surface area contributed by atoms with E-state index in [-0.39, 0.29) is 5.91 Å². The monoisotopic (exact) mass is 320 g/mol. The smallest absolute Gasteiger partial charge is 0.270 e. The molecular weight excluding hydrogens is 296 g/mol. The van der Waals surface area contributed by atoms with Gasteiger partial charge in [0.05, 0.1) is 13.2 Å². The van der Waals surface area contributed by atoms with E-state index in [2.05, 4.69) is 34.0 Å². The predicted octanol–water partition coefficient (Wildman–Crippen LogP) is 1.21. The minimum absolute atomic E-state index is 0.154.